The molecule has 0 bridgehead atoms. The molecule has 0 fully saturated rings. The quantitative estimate of drug-likeness (QED) is 0.738. The molecule has 0 aliphatic heterocycles. The SMILES string of the molecule is Cc1ccn2ncc(C(=O)NCCCO)c2n1. The van der Waals surface area contributed by atoms with E-state index in [1.165, 1.54) is 6.20 Å². The summed E-state index contributed by atoms with van der Waals surface area (Å²) in [5.41, 5.74) is 1.83. The molecule has 0 atom stereocenters. The molecule has 0 aromatic carbocycles. The Morgan fingerprint density at radius 2 is 2.41 bits per heavy atom. The van der Waals surface area contributed by atoms with E-state index in [0.29, 0.717) is 24.2 Å². The third kappa shape index (κ3) is 2.42. The zero-order valence-corrected chi connectivity index (χ0v) is 9.55. The maximum atomic E-state index is 11.8. The number of aromatic nitrogens is 3. The van der Waals surface area contributed by atoms with Gasteiger partial charge >= 0.3 is 0 Å². The molecule has 2 rings (SSSR count). The molecule has 6 nitrogen and oxygen atoms in total. The summed E-state index contributed by atoms with van der Waals surface area (Å²) in [7, 11) is 0. The van der Waals surface area contributed by atoms with Crippen molar-refractivity contribution < 1.29 is 9.90 Å². The van der Waals surface area contributed by atoms with E-state index in [4.69, 9.17) is 5.11 Å². The van der Waals surface area contributed by atoms with E-state index in [1.54, 1.807) is 10.7 Å². The number of nitrogens with one attached hydrogen (secondary N) is 1. The van der Waals surface area contributed by atoms with Crippen LogP contribution in [-0.4, -0.2) is 38.8 Å². The Bertz CT molecular complexity index is 535. The molecule has 6 heteroatoms. The van der Waals surface area contributed by atoms with Crippen molar-refractivity contribution in [1.82, 2.24) is 19.9 Å². The first-order valence-corrected chi connectivity index (χ1v) is 5.42. The average Bonchev–Trinajstić information content (AvgIpc) is 2.72. The van der Waals surface area contributed by atoms with Gasteiger partial charge < -0.3 is 10.4 Å². The van der Waals surface area contributed by atoms with Crippen molar-refractivity contribution in [3.63, 3.8) is 0 Å². The Balaban J connectivity index is 2.23. The van der Waals surface area contributed by atoms with Crippen LogP contribution in [0.2, 0.25) is 0 Å². The maximum Gasteiger partial charge on any atom is 0.256 e. The minimum Gasteiger partial charge on any atom is -0.396 e. The topological polar surface area (TPSA) is 79.5 Å². The van der Waals surface area contributed by atoms with Crippen LogP contribution < -0.4 is 5.32 Å². The molecule has 17 heavy (non-hydrogen) atoms. The van der Waals surface area contributed by atoms with Gasteiger partial charge in [0.15, 0.2) is 5.65 Å². The lowest BCUT2D eigenvalue weighted by Crippen LogP contribution is -2.25. The first kappa shape index (κ1) is 11.5. The number of fused-ring (bicyclic) bond motifs is 1. The normalized spacial score (nSPS) is 10.7. The minimum atomic E-state index is -0.216. The molecule has 1 amide bonds. The van der Waals surface area contributed by atoms with Gasteiger partial charge in [-0.15, -0.1) is 0 Å². The Hall–Kier alpha value is -1.95. The van der Waals surface area contributed by atoms with Gasteiger partial charge in [-0.1, -0.05) is 0 Å². The molecule has 0 aliphatic carbocycles. The van der Waals surface area contributed by atoms with Crippen molar-refractivity contribution in [3.05, 3.63) is 29.7 Å². The fourth-order valence-corrected chi connectivity index (χ4v) is 1.50. The molecular formula is C11H14N4O2. The predicted octanol–water partition coefficient (Wildman–Crippen LogP) is 0.150. The number of aliphatic hydroxyl groups is 1. The minimum absolute atomic E-state index is 0.0619. The molecule has 0 saturated carbocycles. The summed E-state index contributed by atoms with van der Waals surface area (Å²) in [6, 6.07) is 1.83. The van der Waals surface area contributed by atoms with Crippen molar-refractivity contribution in [2.24, 2.45) is 0 Å². The van der Waals surface area contributed by atoms with Crippen molar-refractivity contribution in [2.75, 3.05) is 13.2 Å². The highest BCUT2D eigenvalue weighted by atomic mass is 16.3. The highest BCUT2D eigenvalue weighted by Gasteiger charge is 2.13. The van der Waals surface area contributed by atoms with Crippen LogP contribution in [0.4, 0.5) is 0 Å². The molecule has 0 unspecified atom stereocenters. The average molecular weight is 234 g/mol. The first-order chi connectivity index (χ1) is 8.22. The second kappa shape index (κ2) is 4.92. The molecular weight excluding hydrogens is 220 g/mol. The molecule has 2 N–H and O–H groups in total. The van der Waals surface area contributed by atoms with E-state index >= 15 is 0 Å². The van der Waals surface area contributed by atoms with Gasteiger partial charge in [-0.3, -0.25) is 4.79 Å². The summed E-state index contributed by atoms with van der Waals surface area (Å²) >= 11 is 0. The van der Waals surface area contributed by atoms with Crippen LogP contribution in [-0.2, 0) is 0 Å². The third-order valence-corrected chi connectivity index (χ3v) is 2.37. The number of hydrogen-bond donors (Lipinski definition) is 2. The van der Waals surface area contributed by atoms with E-state index in [1.807, 2.05) is 13.0 Å². The second-order valence-corrected chi connectivity index (χ2v) is 3.73. The van der Waals surface area contributed by atoms with Gasteiger partial charge in [0.1, 0.15) is 5.56 Å². The number of aliphatic hydroxyl groups excluding tert-OH is 1. The number of aryl methyl sites for hydroxylation is 1. The van der Waals surface area contributed by atoms with Crippen molar-refractivity contribution in [2.45, 2.75) is 13.3 Å². The Labute approximate surface area is 98.3 Å². The molecule has 0 saturated heterocycles. The monoisotopic (exact) mass is 234 g/mol. The highest BCUT2D eigenvalue weighted by Crippen LogP contribution is 2.08. The summed E-state index contributed by atoms with van der Waals surface area (Å²) in [6.45, 7) is 2.37. The van der Waals surface area contributed by atoms with Crippen LogP contribution in [0, 0.1) is 6.92 Å². The van der Waals surface area contributed by atoms with Gasteiger partial charge in [0.05, 0.1) is 6.20 Å². The molecule has 0 spiro atoms. The van der Waals surface area contributed by atoms with Gasteiger partial charge in [0.25, 0.3) is 5.91 Å². The number of carbonyl (C=O) groups excluding carboxylic acids is 1. The van der Waals surface area contributed by atoms with Gasteiger partial charge in [0, 0.05) is 25.0 Å². The summed E-state index contributed by atoms with van der Waals surface area (Å²) < 4.78 is 1.56. The maximum absolute atomic E-state index is 11.8. The van der Waals surface area contributed by atoms with Crippen LogP contribution in [0.15, 0.2) is 18.5 Å². The van der Waals surface area contributed by atoms with Gasteiger partial charge in [-0.2, -0.15) is 5.10 Å². The molecule has 2 heterocycles. The zero-order chi connectivity index (χ0) is 12.3. The lowest BCUT2D eigenvalue weighted by atomic mass is 10.3. The van der Waals surface area contributed by atoms with E-state index in [9.17, 15) is 4.79 Å². The largest absolute Gasteiger partial charge is 0.396 e. The van der Waals surface area contributed by atoms with E-state index < -0.39 is 0 Å². The van der Waals surface area contributed by atoms with Crippen LogP contribution in [0.3, 0.4) is 0 Å². The number of amides is 1. The van der Waals surface area contributed by atoms with Crippen molar-refractivity contribution in [3.8, 4) is 0 Å². The number of nitrogens with zero attached hydrogens (tertiary/aromatic N) is 3. The standard InChI is InChI=1S/C11H14N4O2/c1-8-3-5-15-10(14-8)9(7-13-15)11(17)12-4-2-6-16/h3,5,7,16H,2,4,6H2,1H3,(H,12,17). The fraction of sp³-hybridized carbons (Fsp3) is 0.364. The summed E-state index contributed by atoms with van der Waals surface area (Å²) in [5.74, 6) is -0.216. The predicted molar refractivity (Wildman–Crippen MR) is 61.8 cm³/mol. The fourth-order valence-electron chi connectivity index (χ4n) is 1.50. The molecule has 2 aromatic rings. The van der Waals surface area contributed by atoms with Crippen LogP contribution in [0.1, 0.15) is 22.5 Å². The lowest BCUT2D eigenvalue weighted by Gasteiger charge is -2.02. The smallest absolute Gasteiger partial charge is 0.256 e. The second-order valence-electron chi connectivity index (χ2n) is 3.73. The Morgan fingerprint density at radius 3 is 3.18 bits per heavy atom. The van der Waals surface area contributed by atoms with Gasteiger partial charge in [-0.25, -0.2) is 9.50 Å². The Kier molecular flexibility index (Phi) is 3.34. The van der Waals surface area contributed by atoms with Crippen molar-refractivity contribution >= 4 is 11.6 Å². The van der Waals surface area contributed by atoms with E-state index in [-0.39, 0.29) is 12.5 Å². The van der Waals surface area contributed by atoms with Gasteiger partial charge in [-0.05, 0) is 19.4 Å². The number of hydrogen-bond acceptors (Lipinski definition) is 4. The molecule has 2 aromatic heterocycles. The summed E-state index contributed by atoms with van der Waals surface area (Å²) in [5, 5.41) is 15.4. The Morgan fingerprint density at radius 1 is 1.59 bits per heavy atom. The number of carbonyl (C=O) groups is 1. The summed E-state index contributed by atoms with van der Waals surface area (Å²) in [4.78, 5) is 16.1. The highest BCUT2D eigenvalue weighted by molar-refractivity contribution is 5.99. The molecule has 0 radical (unpaired) electrons. The van der Waals surface area contributed by atoms with E-state index in [2.05, 4.69) is 15.4 Å². The lowest BCUT2D eigenvalue weighted by molar-refractivity contribution is 0.0952. The number of rotatable bonds is 4. The summed E-state index contributed by atoms with van der Waals surface area (Å²) in [6.07, 6.45) is 3.80. The zero-order valence-electron chi connectivity index (χ0n) is 9.55. The molecule has 90 valence electrons. The molecule has 0 aliphatic rings. The van der Waals surface area contributed by atoms with Crippen LogP contribution >= 0.6 is 0 Å². The van der Waals surface area contributed by atoms with Crippen molar-refractivity contribution in [1.29, 1.82) is 0 Å². The van der Waals surface area contributed by atoms with Crippen LogP contribution in [0.25, 0.3) is 5.65 Å². The van der Waals surface area contributed by atoms with Gasteiger partial charge in [0.2, 0.25) is 0 Å². The first-order valence-electron chi connectivity index (χ1n) is 5.42. The third-order valence-electron chi connectivity index (χ3n) is 2.37. The van der Waals surface area contributed by atoms with E-state index in [0.717, 1.165) is 5.69 Å². The van der Waals surface area contributed by atoms with Crippen LogP contribution in [0.5, 0.6) is 0 Å².